The van der Waals surface area contributed by atoms with Gasteiger partial charge in [0.25, 0.3) is 11.5 Å². The summed E-state index contributed by atoms with van der Waals surface area (Å²) < 4.78 is 25.6. The number of aromatic nitrogens is 2. The van der Waals surface area contributed by atoms with Gasteiger partial charge < -0.3 is 10.3 Å². The van der Waals surface area contributed by atoms with Crippen molar-refractivity contribution >= 4 is 11.6 Å². The lowest BCUT2D eigenvalue weighted by Gasteiger charge is -2.04. The Bertz CT molecular complexity index is 655. The first-order chi connectivity index (χ1) is 8.58. The SMILES string of the molecule is O=C(Nc1ccc(F)c(F)c1)c1cnc[nH]c1=O. The van der Waals surface area contributed by atoms with Crippen LogP contribution in [0.5, 0.6) is 0 Å². The van der Waals surface area contributed by atoms with Crippen LogP contribution in [-0.2, 0) is 0 Å². The average molecular weight is 251 g/mol. The molecule has 0 aliphatic rings. The van der Waals surface area contributed by atoms with Crippen LogP contribution in [0.3, 0.4) is 0 Å². The molecule has 0 saturated heterocycles. The van der Waals surface area contributed by atoms with Gasteiger partial charge in [-0.05, 0) is 12.1 Å². The number of anilines is 1. The minimum atomic E-state index is -1.09. The zero-order valence-electron chi connectivity index (χ0n) is 8.91. The van der Waals surface area contributed by atoms with Crippen molar-refractivity contribution in [1.82, 2.24) is 9.97 Å². The van der Waals surface area contributed by atoms with Crippen molar-refractivity contribution in [3.8, 4) is 0 Å². The maximum absolute atomic E-state index is 12.9. The van der Waals surface area contributed by atoms with Crippen molar-refractivity contribution in [2.45, 2.75) is 0 Å². The molecule has 1 heterocycles. The monoisotopic (exact) mass is 251 g/mol. The number of amides is 1. The van der Waals surface area contributed by atoms with Crippen molar-refractivity contribution < 1.29 is 13.6 Å². The molecule has 0 saturated carbocycles. The number of nitrogens with zero attached hydrogens (tertiary/aromatic N) is 1. The van der Waals surface area contributed by atoms with Gasteiger partial charge in [-0.3, -0.25) is 9.59 Å². The van der Waals surface area contributed by atoms with E-state index >= 15 is 0 Å². The highest BCUT2D eigenvalue weighted by Crippen LogP contribution is 2.13. The van der Waals surface area contributed by atoms with Crippen molar-refractivity contribution in [2.75, 3.05) is 5.32 Å². The van der Waals surface area contributed by atoms with E-state index < -0.39 is 23.1 Å². The Morgan fingerprint density at radius 2 is 2.06 bits per heavy atom. The van der Waals surface area contributed by atoms with Crippen molar-refractivity contribution in [3.63, 3.8) is 0 Å². The van der Waals surface area contributed by atoms with E-state index in [0.717, 1.165) is 24.7 Å². The van der Waals surface area contributed by atoms with Crippen LogP contribution >= 0.6 is 0 Å². The molecule has 1 amide bonds. The molecule has 18 heavy (non-hydrogen) atoms. The molecule has 0 unspecified atom stereocenters. The number of halogens is 2. The van der Waals surface area contributed by atoms with Crippen molar-refractivity contribution in [3.05, 3.63) is 58.3 Å². The number of H-pyrrole nitrogens is 1. The molecule has 2 rings (SSSR count). The Morgan fingerprint density at radius 3 is 2.72 bits per heavy atom. The van der Waals surface area contributed by atoms with Crippen LogP contribution < -0.4 is 10.9 Å². The van der Waals surface area contributed by atoms with Crippen LogP contribution in [0.15, 0.2) is 35.5 Å². The van der Waals surface area contributed by atoms with E-state index in [1.54, 1.807) is 0 Å². The summed E-state index contributed by atoms with van der Waals surface area (Å²) in [5, 5.41) is 2.26. The van der Waals surface area contributed by atoms with Crippen molar-refractivity contribution in [2.24, 2.45) is 0 Å². The summed E-state index contributed by atoms with van der Waals surface area (Å²) in [6.45, 7) is 0. The van der Waals surface area contributed by atoms with E-state index in [1.807, 2.05) is 0 Å². The fourth-order valence-electron chi connectivity index (χ4n) is 1.28. The number of carbonyl (C=O) groups excluding carboxylic acids is 1. The van der Waals surface area contributed by atoms with Gasteiger partial charge in [-0.15, -0.1) is 0 Å². The highest BCUT2D eigenvalue weighted by molar-refractivity contribution is 6.03. The first-order valence-electron chi connectivity index (χ1n) is 4.87. The van der Waals surface area contributed by atoms with Crippen molar-refractivity contribution in [1.29, 1.82) is 0 Å². The first kappa shape index (κ1) is 11.9. The molecule has 0 aliphatic heterocycles. The second kappa shape index (κ2) is 4.74. The van der Waals surface area contributed by atoms with E-state index in [9.17, 15) is 18.4 Å². The van der Waals surface area contributed by atoms with Gasteiger partial charge >= 0.3 is 0 Å². The molecule has 0 aliphatic carbocycles. The lowest BCUT2D eigenvalue weighted by molar-refractivity contribution is 0.102. The maximum atomic E-state index is 12.9. The van der Waals surface area contributed by atoms with Crippen LogP contribution in [0.2, 0.25) is 0 Å². The lowest BCUT2D eigenvalue weighted by atomic mass is 10.2. The van der Waals surface area contributed by atoms with E-state index in [4.69, 9.17) is 0 Å². The van der Waals surface area contributed by atoms with Gasteiger partial charge in [0.05, 0.1) is 6.33 Å². The molecular weight excluding hydrogens is 244 g/mol. The molecule has 0 radical (unpaired) electrons. The summed E-state index contributed by atoms with van der Waals surface area (Å²) in [5.41, 5.74) is -0.797. The maximum Gasteiger partial charge on any atom is 0.263 e. The number of nitrogens with one attached hydrogen (secondary N) is 2. The van der Waals surface area contributed by atoms with Crippen LogP contribution in [0, 0.1) is 11.6 Å². The summed E-state index contributed by atoms with van der Waals surface area (Å²) in [7, 11) is 0. The zero-order valence-corrected chi connectivity index (χ0v) is 8.91. The largest absolute Gasteiger partial charge is 0.322 e. The first-order valence-corrected chi connectivity index (χ1v) is 4.87. The van der Waals surface area contributed by atoms with E-state index in [1.165, 1.54) is 6.07 Å². The van der Waals surface area contributed by atoms with Gasteiger partial charge in [-0.1, -0.05) is 0 Å². The standard InChI is InChI=1S/C11H7F2N3O2/c12-8-2-1-6(3-9(8)13)16-11(18)7-4-14-5-15-10(7)17/h1-5H,(H,16,18)(H,14,15,17). The van der Waals surface area contributed by atoms with Gasteiger partial charge in [0.15, 0.2) is 11.6 Å². The van der Waals surface area contributed by atoms with Gasteiger partial charge in [-0.2, -0.15) is 0 Å². The number of hydrogen-bond acceptors (Lipinski definition) is 3. The minimum absolute atomic E-state index is 0.0437. The topological polar surface area (TPSA) is 74.8 Å². The molecule has 5 nitrogen and oxygen atoms in total. The smallest absolute Gasteiger partial charge is 0.263 e. The molecule has 0 spiro atoms. The van der Waals surface area contributed by atoms with Gasteiger partial charge in [-0.25, -0.2) is 13.8 Å². The summed E-state index contributed by atoms with van der Waals surface area (Å²) >= 11 is 0. The van der Waals surface area contributed by atoms with Crippen LogP contribution in [0.4, 0.5) is 14.5 Å². The van der Waals surface area contributed by atoms with E-state index in [0.29, 0.717) is 0 Å². The Morgan fingerprint density at radius 1 is 1.28 bits per heavy atom. The van der Waals surface area contributed by atoms with E-state index in [2.05, 4.69) is 15.3 Å². The molecule has 0 bridgehead atoms. The molecule has 7 heteroatoms. The van der Waals surface area contributed by atoms with Crippen LogP contribution in [0.25, 0.3) is 0 Å². The Hall–Kier alpha value is -2.57. The normalized spacial score (nSPS) is 10.1. The van der Waals surface area contributed by atoms with Gasteiger partial charge in [0.2, 0.25) is 0 Å². The number of hydrogen-bond donors (Lipinski definition) is 2. The number of rotatable bonds is 2. The molecule has 2 N–H and O–H groups in total. The third kappa shape index (κ3) is 2.40. The minimum Gasteiger partial charge on any atom is -0.322 e. The number of aromatic amines is 1. The fourth-order valence-corrected chi connectivity index (χ4v) is 1.28. The average Bonchev–Trinajstić information content (AvgIpc) is 2.34. The third-order valence-corrected chi connectivity index (χ3v) is 2.14. The zero-order chi connectivity index (χ0) is 13.1. The molecule has 1 aromatic carbocycles. The molecule has 92 valence electrons. The van der Waals surface area contributed by atoms with Crippen LogP contribution in [-0.4, -0.2) is 15.9 Å². The third-order valence-electron chi connectivity index (χ3n) is 2.14. The molecule has 2 aromatic rings. The summed E-state index contributed by atoms with van der Waals surface area (Å²) in [4.78, 5) is 28.7. The summed E-state index contributed by atoms with van der Waals surface area (Å²) in [6.07, 6.45) is 2.21. The molecule has 0 fully saturated rings. The Balaban J connectivity index is 2.24. The molecule has 0 atom stereocenters. The Kier molecular flexibility index (Phi) is 3.13. The summed E-state index contributed by atoms with van der Waals surface area (Å²) in [6, 6.07) is 2.87. The van der Waals surface area contributed by atoms with E-state index in [-0.39, 0.29) is 11.3 Å². The highest BCUT2D eigenvalue weighted by Gasteiger charge is 2.11. The number of benzene rings is 1. The fraction of sp³-hybridized carbons (Fsp3) is 0. The predicted octanol–water partition coefficient (Wildman–Crippen LogP) is 1.30. The van der Waals surface area contributed by atoms with Gasteiger partial charge in [0, 0.05) is 18.0 Å². The molecule has 1 aromatic heterocycles. The summed E-state index contributed by atoms with van der Waals surface area (Å²) in [5.74, 6) is -2.87. The Labute approximate surface area is 99.5 Å². The lowest BCUT2D eigenvalue weighted by Crippen LogP contribution is -2.23. The predicted molar refractivity (Wildman–Crippen MR) is 59.2 cm³/mol. The van der Waals surface area contributed by atoms with Crippen LogP contribution in [0.1, 0.15) is 10.4 Å². The highest BCUT2D eigenvalue weighted by atomic mass is 19.2. The van der Waals surface area contributed by atoms with Gasteiger partial charge in [0.1, 0.15) is 5.56 Å². The number of carbonyl (C=O) groups is 1. The second-order valence-electron chi connectivity index (χ2n) is 3.38. The molecular formula is C11H7F2N3O2. The second-order valence-corrected chi connectivity index (χ2v) is 3.38. The quantitative estimate of drug-likeness (QED) is 0.844.